The number of Topliss-reactive ketones (excluding diaryl/α,β-unsaturated/α-hetero) is 1. The highest BCUT2D eigenvalue weighted by Crippen LogP contribution is 2.73. The Kier molecular flexibility index (Phi) is 3.76. The first-order valence-electron chi connectivity index (χ1n) is 11.2. The highest BCUT2D eigenvalue weighted by atomic mass is 16.1. The average Bonchev–Trinajstić information content (AvgIpc) is 2.92. The standard InChI is InChI=1S/C25H34O2/c1-16(26)25-11-5-4-6-18(25)15-22-20-8-7-17-14-19(27)9-12-23(17,2)21(20)10-13-24(22,25)3/h4-5,14,18,20-22H,6-13,15H2,1-3H3/t18-,20?,21?,22?,23+,24+,25+/m1/s1. The summed E-state index contributed by atoms with van der Waals surface area (Å²) in [6.45, 7) is 6.81. The van der Waals surface area contributed by atoms with E-state index in [1.54, 1.807) is 0 Å². The van der Waals surface area contributed by atoms with Crippen molar-refractivity contribution in [3.05, 3.63) is 23.8 Å². The van der Waals surface area contributed by atoms with Crippen LogP contribution in [0.4, 0.5) is 0 Å². The molecule has 0 heterocycles. The van der Waals surface area contributed by atoms with Crippen LogP contribution in [0.2, 0.25) is 0 Å². The molecule has 146 valence electrons. The third-order valence-corrected chi connectivity index (χ3v) is 10.3. The van der Waals surface area contributed by atoms with Crippen molar-refractivity contribution < 1.29 is 9.59 Å². The van der Waals surface area contributed by atoms with Gasteiger partial charge in [0.25, 0.3) is 0 Å². The Morgan fingerprint density at radius 3 is 2.67 bits per heavy atom. The van der Waals surface area contributed by atoms with E-state index < -0.39 is 0 Å². The second-order valence-electron chi connectivity index (χ2n) is 10.8. The van der Waals surface area contributed by atoms with Crippen LogP contribution in [0.25, 0.3) is 0 Å². The van der Waals surface area contributed by atoms with Crippen molar-refractivity contribution >= 4 is 11.6 Å². The van der Waals surface area contributed by atoms with Crippen LogP contribution in [0, 0.1) is 39.9 Å². The van der Waals surface area contributed by atoms with Gasteiger partial charge in [0.15, 0.2) is 5.78 Å². The predicted octanol–water partition coefficient (Wildman–Crippen LogP) is 5.67. The minimum atomic E-state index is -0.114. The lowest BCUT2D eigenvalue weighted by Crippen LogP contribution is -2.55. The summed E-state index contributed by atoms with van der Waals surface area (Å²) >= 11 is 0. The molecule has 0 N–H and O–H groups in total. The smallest absolute Gasteiger partial charge is 0.155 e. The van der Waals surface area contributed by atoms with Gasteiger partial charge in [-0.05, 0) is 98.9 Å². The topological polar surface area (TPSA) is 34.1 Å². The van der Waals surface area contributed by atoms with E-state index in [9.17, 15) is 9.59 Å². The largest absolute Gasteiger partial charge is 0.299 e. The molecule has 2 nitrogen and oxygen atoms in total. The Balaban J connectivity index is 1.55. The molecule has 2 heteroatoms. The molecule has 0 bridgehead atoms. The van der Waals surface area contributed by atoms with Crippen LogP contribution < -0.4 is 0 Å². The lowest BCUT2D eigenvalue weighted by Gasteiger charge is -2.60. The van der Waals surface area contributed by atoms with Crippen LogP contribution in [0.1, 0.15) is 78.6 Å². The molecule has 3 unspecified atom stereocenters. The normalized spacial score (nSPS) is 50.9. The number of hydrogen-bond acceptors (Lipinski definition) is 2. The summed E-state index contributed by atoms with van der Waals surface area (Å²) in [4.78, 5) is 25.1. The van der Waals surface area contributed by atoms with Crippen LogP contribution in [0.5, 0.6) is 0 Å². The van der Waals surface area contributed by atoms with Crippen LogP contribution in [0.3, 0.4) is 0 Å². The maximum absolute atomic E-state index is 13.1. The third kappa shape index (κ3) is 2.08. The van der Waals surface area contributed by atoms with Crippen molar-refractivity contribution in [2.24, 2.45) is 39.9 Å². The zero-order valence-electron chi connectivity index (χ0n) is 17.2. The molecule has 0 aromatic carbocycles. The van der Waals surface area contributed by atoms with Crippen molar-refractivity contribution in [1.82, 2.24) is 0 Å². The molecule has 5 aliphatic carbocycles. The first kappa shape index (κ1) is 17.9. The number of hydrogen-bond donors (Lipinski definition) is 0. The fourth-order valence-corrected chi connectivity index (χ4v) is 8.90. The molecule has 7 atom stereocenters. The van der Waals surface area contributed by atoms with Crippen molar-refractivity contribution in [3.8, 4) is 0 Å². The molecule has 0 aromatic heterocycles. The minimum Gasteiger partial charge on any atom is -0.299 e. The van der Waals surface area contributed by atoms with Crippen LogP contribution in [-0.4, -0.2) is 11.6 Å². The Hall–Kier alpha value is -1.18. The summed E-state index contributed by atoms with van der Waals surface area (Å²) in [5.41, 5.74) is 1.73. The molecule has 0 aliphatic heterocycles. The lowest BCUT2D eigenvalue weighted by atomic mass is 9.44. The molecule has 5 rings (SSSR count). The minimum absolute atomic E-state index is 0.114. The molecular formula is C25H34O2. The molecule has 0 amide bonds. The van der Waals surface area contributed by atoms with E-state index >= 15 is 0 Å². The average molecular weight is 367 g/mol. The van der Waals surface area contributed by atoms with Gasteiger partial charge in [0.1, 0.15) is 5.78 Å². The summed E-state index contributed by atoms with van der Waals surface area (Å²) in [5, 5.41) is 0. The number of allylic oxidation sites excluding steroid dienone is 3. The zero-order chi connectivity index (χ0) is 19.0. The predicted molar refractivity (Wildman–Crippen MR) is 107 cm³/mol. The second-order valence-corrected chi connectivity index (χ2v) is 10.8. The van der Waals surface area contributed by atoms with E-state index in [2.05, 4.69) is 26.0 Å². The zero-order valence-corrected chi connectivity index (χ0v) is 17.2. The Labute approximate surface area is 163 Å². The Bertz CT molecular complexity index is 760. The number of carbonyl (C=O) groups is 2. The van der Waals surface area contributed by atoms with E-state index in [1.807, 2.05) is 13.0 Å². The Morgan fingerprint density at radius 2 is 1.89 bits per heavy atom. The van der Waals surface area contributed by atoms with Gasteiger partial charge in [-0.2, -0.15) is 0 Å². The fourth-order valence-electron chi connectivity index (χ4n) is 8.90. The summed E-state index contributed by atoms with van der Waals surface area (Å²) < 4.78 is 0. The molecule has 5 aliphatic rings. The molecule has 27 heavy (non-hydrogen) atoms. The first-order valence-corrected chi connectivity index (χ1v) is 11.2. The van der Waals surface area contributed by atoms with E-state index in [0.717, 1.165) is 38.0 Å². The van der Waals surface area contributed by atoms with Gasteiger partial charge >= 0.3 is 0 Å². The summed E-state index contributed by atoms with van der Waals surface area (Å²) in [6.07, 6.45) is 16.5. The third-order valence-electron chi connectivity index (χ3n) is 10.3. The molecule has 0 radical (unpaired) electrons. The van der Waals surface area contributed by atoms with Gasteiger partial charge in [0.05, 0.1) is 0 Å². The van der Waals surface area contributed by atoms with Crippen molar-refractivity contribution in [1.29, 1.82) is 0 Å². The summed E-state index contributed by atoms with van der Waals surface area (Å²) in [6, 6.07) is 0. The van der Waals surface area contributed by atoms with E-state index in [1.165, 1.54) is 31.3 Å². The number of rotatable bonds is 1. The molecule has 0 saturated heterocycles. The van der Waals surface area contributed by atoms with Crippen molar-refractivity contribution in [2.75, 3.05) is 0 Å². The first-order chi connectivity index (χ1) is 12.8. The second kappa shape index (κ2) is 5.67. The molecule has 3 saturated carbocycles. The van der Waals surface area contributed by atoms with Crippen LogP contribution in [-0.2, 0) is 9.59 Å². The monoisotopic (exact) mass is 366 g/mol. The molecular weight excluding hydrogens is 332 g/mol. The SMILES string of the molecule is CC(=O)[C@@]12CC=CC[C@@H]1CC1C3CCC4=CC(=O)CC[C@]4(C)C3CC[C@@]12C. The maximum atomic E-state index is 13.1. The number of fused-ring (bicyclic) bond motifs is 7. The lowest BCUT2D eigenvalue weighted by molar-refractivity contribution is -0.144. The fraction of sp³-hybridized carbons (Fsp3) is 0.760. The highest BCUT2D eigenvalue weighted by Gasteiger charge is 2.68. The Morgan fingerprint density at radius 1 is 1.07 bits per heavy atom. The van der Waals surface area contributed by atoms with Gasteiger partial charge in [0, 0.05) is 11.8 Å². The maximum Gasteiger partial charge on any atom is 0.155 e. The number of ketones is 2. The highest BCUT2D eigenvalue weighted by molar-refractivity contribution is 5.91. The van der Waals surface area contributed by atoms with Gasteiger partial charge in [-0.3, -0.25) is 9.59 Å². The summed E-state index contributed by atoms with van der Waals surface area (Å²) in [7, 11) is 0. The molecule has 0 aromatic rings. The van der Waals surface area contributed by atoms with Crippen LogP contribution in [0.15, 0.2) is 23.8 Å². The van der Waals surface area contributed by atoms with Gasteiger partial charge in [-0.25, -0.2) is 0 Å². The van der Waals surface area contributed by atoms with E-state index in [0.29, 0.717) is 29.3 Å². The van der Waals surface area contributed by atoms with Crippen LogP contribution >= 0.6 is 0 Å². The molecule has 0 spiro atoms. The van der Waals surface area contributed by atoms with Gasteiger partial charge < -0.3 is 0 Å². The van der Waals surface area contributed by atoms with Crippen molar-refractivity contribution in [3.63, 3.8) is 0 Å². The summed E-state index contributed by atoms with van der Waals surface area (Å²) in [5.74, 6) is 3.47. The molecule has 3 fully saturated rings. The van der Waals surface area contributed by atoms with E-state index in [4.69, 9.17) is 0 Å². The van der Waals surface area contributed by atoms with Gasteiger partial charge in [-0.1, -0.05) is 31.6 Å². The van der Waals surface area contributed by atoms with Gasteiger partial charge in [0.2, 0.25) is 0 Å². The van der Waals surface area contributed by atoms with Gasteiger partial charge in [-0.15, -0.1) is 0 Å². The quantitative estimate of drug-likeness (QED) is 0.560. The van der Waals surface area contributed by atoms with Crippen molar-refractivity contribution in [2.45, 2.75) is 78.6 Å². The number of carbonyl (C=O) groups excluding carboxylic acids is 2. The van der Waals surface area contributed by atoms with E-state index in [-0.39, 0.29) is 16.2 Å².